The first kappa shape index (κ1) is 17.5. The van der Waals surface area contributed by atoms with Gasteiger partial charge in [0.2, 0.25) is 0 Å². The Morgan fingerprint density at radius 3 is 2.61 bits per heavy atom. The first-order valence-electron chi connectivity index (χ1n) is 8.25. The van der Waals surface area contributed by atoms with Gasteiger partial charge in [0.1, 0.15) is 5.65 Å². The summed E-state index contributed by atoms with van der Waals surface area (Å²) in [5, 5.41) is 0.492. The number of hydrogen-bond donors (Lipinski definition) is 2. The average Bonchev–Trinajstić information content (AvgIpc) is 3.15. The first-order valence-corrected chi connectivity index (χ1v) is 8.25. The van der Waals surface area contributed by atoms with Gasteiger partial charge in [0.15, 0.2) is 23.2 Å². The van der Waals surface area contributed by atoms with Crippen molar-refractivity contribution >= 4 is 22.4 Å². The van der Waals surface area contributed by atoms with Gasteiger partial charge in [0.25, 0.3) is 0 Å². The predicted molar refractivity (Wildman–Crippen MR) is 100.0 cm³/mol. The second-order valence-electron chi connectivity index (χ2n) is 5.91. The molecule has 0 bridgehead atoms. The van der Waals surface area contributed by atoms with E-state index < -0.39 is 17.4 Å². The van der Waals surface area contributed by atoms with Crippen molar-refractivity contribution in [3.05, 3.63) is 84.1 Å². The maximum Gasteiger partial charge on any atom is 0.197 e. The van der Waals surface area contributed by atoms with Crippen LogP contribution in [0.3, 0.4) is 0 Å². The molecule has 6 nitrogen and oxygen atoms in total. The molecule has 0 amide bonds. The number of carbonyl (C=O) groups excluding carboxylic acids is 1. The number of aromatic nitrogens is 4. The third-order valence-corrected chi connectivity index (χ3v) is 4.25. The molecule has 4 rings (SSSR count). The molecule has 0 spiro atoms. The number of nitrogens with one attached hydrogen (secondary N) is 1. The predicted octanol–water partition coefficient (Wildman–Crippen LogP) is 3.48. The van der Waals surface area contributed by atoms with Crippen molar-refractivity contribution in [2.24, 2.45) is 5.73 Å². The number of halogens is 2. The van der Waals surface area contributed by atoms with Gasteiger partial charge >= 0.3 is 0 Å². The first-order chi connectivity index (χ1) is 13.6. The molecule has 3 heterocycles. The maximum absolute atomic E-state index is 14.2. The third kappa shape index (κ3) is 2.90. The number of rotatable bonds is 4. The number of aromatic amines is 1. The molecule has 0 saturated heterocycles. The number of benzene rings is 1. The summed E-state index contributed by atoms with van der Waals surface area (Å²) in [6.45, 7) is 0. The quantitative estimate of drug-likeness (QED) is 0.419. The zero-order chi connectivity index (χ0) is 19.7. The summed E-state index contributed by atoms with van der Waals surface area (Å²) in [7, 11) is 0. The number of allylic oxidation sites excluding steroid dienone is 1. The lowest BCUT2D eigenvalue weighted by atomic mass is 9.96. The van der Waals surface area contributed by atoms with E-state index in [1.807, 2.05) is 0 Å². The SMILES string of the molecule is NC=C(C(=O)c1c[nH]c2ncc(-c3ncccn3)cc12)c1cccc(F)c1F. The maximum atomic E-state index is 14.2. The summed E-state index contributed by atoms with van der Waals surface area (Å²) in [6, 6.07) is 6.97. The number of nitrogens with two attached hydrogens (primary N) is 1. The van der Waals surface area contributed by atoms with Crippen LogP contribution in [0, 0.1) is 11.6 Å². The molecule has 0 saturated carbocycles. The summed E-state index contributed by atoms with van der Waals surface area (Å²) in [4.78, 5) is 28.6. The van der Waals surface area contributed by atoms with Crippen LogP contribution >= 0.6 is 0 Å². The van der Waals surface area contributed by atoms with E-state index in [0.29, 0.717) is 22.4 Å². The number of Topliss-reactive ketones (excluding diaryl/α,β-unsaturated/α-hetero) is 1. The highest BCUT2D eigenvalue weighted by Crippen LogP contribution is 2.28. The van der Waals surface area contributed by atoms with E-state index in [0.717, 1.165) is 12.3 Å². The zero-order valence-electron chi connectivity index (χ0n) is 14.4. The molecule has 1 aromatic carbocycles. The Kier molecular flexibility index (Phi) is 4.36. The van der Waals surface area contributed by atoms with Crippen LogP contribution in [0.2, 0.25) is 0 Å². The number of ketones is 1. The second-order valence-corrected chi connectivity index (χ2v) is 5.91. The fraction of sp³-hybridized carbons (Fsp3) is 0. The smallest absolute Gasteiger partial charge is 0.197 e. The third-order valence-electron chi connectivity index (χ3n) is 4.25. The van der Waals surface area contributed by atoms with Gasteiger partial charge in [-0.05, 0) is 18.2 Å². The van der Waals surface area contributed by atoms with Crippen molar-refractivity contribution in [1.29, 1.82) is 0 Å². The molecule has 8 heteroatoms. The van der Waals surface area contributed by atoms with E-state index in [1.54, 1.807) is 30.7 Å². The molecule has 0 aliphatic heterocycles. The van der Waals surface area contributed by atoms with Gasteiger partial charge in [0, 0.05) is 58.6 Å². The molecule has 0 unspecified atom stereocenters. The highest BCUT2D eigenvalue weighted by molar-refractivity contribution is 6.32. The normalized spacial score (nSPS) is 11.7. The fourth-order valence-corrected chi connectivity index (χ4v) is 2.91. The van der Waals surface area contributed by atoms with E-state index in [9.17, 15) is 13.6 Å². The van der Waals surface area contributed by atoms with Crippen LogP contribution in [-0.2, 0) is 0 Å². The number of H-pyrrole nitrogens is 1. The molecular formula is C20H13F2N5O. The molecule has 3 N–H and O–H groups in total. The van der Waals surface area contributed by atoms with Crippen LogP contribution in [-0.4, -0.2) is 25.7 Å². The average molecular weight is 377 g/mol. The van der Waals surface area contributed by atoms with Crippen LogP contribution in [0.25, 0.3) is 28.0 Å². The molecule has 0 fully saturated rings. The topological polar surface area (TPSA) is 97.6 Å². The Morgan fingerprint density at radius 1 is 1.07 bits per heavy atom. The summed E-state index contributed by atoms with van der Waals surface area (Å²) < 4.78 is 27.8. The second kappa shape index (κ2) is 6.99. The van der Waals surface area contributed by atoms with Crippen LogP contribution < -0.4 is 5.73 Å². The van der Waals surface area contributed by atoms with E-state index in [-0.39, 0.29) is 16.7 Å². The number of nitrogens with zero attached hydrogens (tertiary/aromatic N) is 3. The van der Waals surface area contributed by atoms with Crippen molar-refractivity contribution in [2.75, 3.05) is 0 Å². The standard InChI is InChI=1S/C20H13F2N5O/c21-16-4-1-3-12(17(16)22)14(8-23)18(28)15-10-27-20-13(15)7-11(9-26-20)19-24-5-2-6-25-19/h1-10H,23H2,(H,26,27). The monoisotopic (exact) mass is 377 g/mol. The highest BCUT2D eigenvalue weighted by Gasteiger charge is 2.22. The molecular weight excluding hydrogens is 364 g/mol. The summed E-state index contributed by atoms with van der Waals surface area (Å²) in [6.07, 6.45) is 7.19. The summed E-state index contributed by atoms with van der Waals surface area (Å²) in [5.41, 5.74) is 6.50. The summed E-state index contributed by atoms with van der Waals surface area (Å²) in [5.74, 6) is -2.31. The van der Waals surface area contributed by atoms with E-state index in [4.69, 9.17) is 5.73 Å². The fourth-order valence-electron chi connectivity index (χ4n) is 2.91. The van der Waals surface area contributed by atoms with Gasteiger partial charge in [0.05, 0.1) is 0 Å². The Bertz CT molecular complexity index is 1220. The van der Waals surface area contributed by atoms with Crippen LogP contribution in [0.15, 0.2) is 61.3 Å². The van der Waals surface area contributed by atoms with Gasteiger partial charge in [-0.2, -0.15) is 0 Å². The molecule has 28 heavy (non-hydrogen) atoms. The minimum absolute atomic E-state index is 0.153. The lowest BCUT2D eigenvalue weighted by molar-refractivity contribution is 0.105. The van der Waals surface area contributed by atoms with Gasteiger partial charge < -0.3 is 10.7 Å². The lowest BCUT2D eigenvalue weighted by Gasteiger charge is -2.08. The van der Waals surface area contributed by atoms with Crippen molar-refractivity contribution in [1.82, 2.24) is 19.9 Å². The number of pyridine rings is 1. The van der Waals surface area contributed by atoms with Gasteiger partial charge in [-0.15, -0.1) is 0 Å². The summed E-state index contributed by atoms with van der Waals surface area (Å²) >= 11 is 0. The number of carbonyl (C=O) groups is 1. The Morgan fingerprint density at radius 2 is 1.86 bits per heavy atom. The largest absolute Gasteiger partial charge is 0.404 e. The van der Waals surface area contributed by atoms with E-state index >= 15 is 0 Å². The minimum Gasteiger partial charge on any atom is -0.404 e. The Hall–Kier alpha value is -3.94. The van der Waals surface area contributed by atoms with Gasteiger partial charge in [-0.1, -0.05) is 12.1 Å². The molecule has 0 aliphatic carbocycles. The van der Waals surface area contributed by atoms with Crippen molar-refractivity contribution in [3.63, 3.8) is 0 Å². The van der Waals surface area contributed by atoms with Gasteiger partial charge in [-0.3, -0.25) is 4.79 Å². The Labute approximate surface area is 157 Å². The van der Waals surface area contributed by atoms with Crippen LogP contribution in [0.4, 0.5) is 8.78 Å². The molecule has 4 aromatic rings. The molecule has 0 aliphatic rings. The molecule has 0 atom stereocenters. The molecule has 0 radical (unpaired) electrons. The molecule has 138 valence electrons. The van der Waals surface area contributed by atoms with Crippen LogP contribution in [0.1, 0.15) is 15.9 Å². The number of fused-ring (bicyclic) bond motifs is 1. The minimum atomic E-state index is -1.14. The molecule has 3 aromatic heterocycles. The van der Waals surface area contributed by atoms with Crippen molar-refractivity contribution in [2.45, 2.75) is 0 Å². The highest BCUT2D eigenvalue weighted by atomic mass is 19.2. The van der Waals surface area contributed by atoms with E-state index in [1.165, 1.54) is 18.3 Å². The van der Waals surface area contributed by atoms with E-state index in [2.05, 4.69) is 19.9 Å². The number of hydrogen-bond acceptors (Lipinski definition) is 5. The van der Waals surface area contributed by atoms with Crippen molar-refractivity contribution in [3.8, 4) is 11.4 Å². The lowest BCUT2D eigenvalue weighted by Crippen LogP contribution is -2.07. The van der Waals surface area contributed by atoms with Crippen LogP contribution in [0.5, 0.6) is 0 Å². The zero-order valence-corrected chi connectivity index (χ0v) is 14.4. The van der Waals surface area contributed by atoms with Crippen molar-refractivity contribution < 1.29 is 13.6 Å². The van der Waals surface area contributed by atoms with Gasteiger partial charge in [-0.25, -0.2) is 23.7 Å². The Balaban J connectivity index is 1.82.